The Hall–Kier alpha value is -2.68. The molecule has 0 heterocycles. The van der Waals surface area contributed by atoms with Gasteiger partial charge in [0.15, 0.2) is 0 Å². The first kappa shape index (κ1) is 23.0. The number of nitrogens with zero attached hydrogens (tertiary/aromatic N) is 1. The highest BCUT2D eigenvalue weighted by Gasteiger charge is 2.12. The van der Waals surface area contributed by atoms with E-state index in [0.717, 1.165) is 5.56 Å². The van der Waals surface area contributed by atoms with Crippen molar-refractivity contribution in [2.75, 3.05) is 5.32 Å². The van der Waals surface area contributed by atoms with Gasteiger partial charge in [-0.1, -0.05) is 70.7 Å². The van der Waals surface area contributed by atoms with Gasteiger partial charge in [0.05, 0.1) is 5.02 Å². The molecule has 0 bridgehead atoms. The van der Waals surface area contributed by atoms with Crippen LogP contribution < -0.4 is 10.1 Å². The maximum atomic E-state index is 12.5. The van der Waals surface area contributed by atoms with E-state index in [0.29, 0.717) is 37.1 Å². The maximum Gasteiger partial charge on any atom is 0.266 e. The molecule has 3 aromatic rings. The van der Waals surface area contributed by atoms with Crippen LogP contribution in [0.1, 0.15) is 11.1 Å². The van der Waals surface area contributed by atoms with Crippen LogP contribution in [0.15, 0.2) is 66.2 Å². The van der Waals surface area contributed by atoms with Crippen LogP contribution in [0.25, 0.3) is 6.08 Å². The fourth-order valence-electron chi connectivity index (χ4n) is 2.63. The van der Waals surface area contributed by atoms with Crippen LogP contribution in [0.3, 0.4) is 0 Å². The third-order valence-corrected chi connectivity index (χ3v) is 5.19. The summed E-state index contributed by atoms with van der Waals surface area (Å²) >= 11 is 24.3. The Morgan fingerprint density at radius 1 is 0.968 bits per heavy atom. The van der Waals surface area contributed by atoms with Gasteiger partial charge < -0.3 is 10.1 Å². The summed E-state index contributed by atoms with van der Waals surface area (Å²) in [6, 6.07) is 18.8. The number of amides is 1. The Morgan fingerprint density at radius 3 is 2.32 bits per heavy atom. The highest BCUT2D eigenvalue weighted by atomic mass is 35.5. The number of nitriles is 1. The first-order valence-corrected chi connectivity index (χ1v) is 10.4. The minimum atomic E-state index is -0.601. The summed E-state index contributed by atoms with van der Waals surface area (Å²) in [7, 11) is 0. The molecule has 4 nitrogen and oxygen atoms in total. The number of rotatable bonds is 6. The van der Waals surface area contributed by atoms with Crippen LogP contribution in [0, 0.1) is 11.3 Å². The van der Waals surface area contributed by atoms with Gasteiger partial charge in [0.1, 0.15) is 24.0 Å². The third kappa shape index (κ3) is 6.40. The number of carbonyl (C=O) groups excluding carboxylic acids is 1. The highest BCUT2D eigenvalue weighted by Crippen LogP contribution is 2.28. The molecule has 0 saturated heterocycles. The van der Waals surface area contributed by atoms with E-state index in [-0.39, 0.29) is 12.2 Å². The molecule has 0 unspecified atom stereocenters. The van der Waals surface area contributed by atoms with Crippen molar-refractivity contribution in [1.82, 2.24) is 0 Å². The molecule has 156 valence electrons. The Kier molecular flexibility index (Phi) is 7.84. The molecule has 1 amide bonds. The molecule has 3 aromatic carbocycles. The second kappa shape index (κ2) is 10.6. The molecule has 0 spiro atoms. The van der Waals surface area contributed by atoms with E-state index < -0.39 is 5.91 Å². The molecule has 0 fully saturated rings. The SMILES string of the molecule is N#C/C(=C/c1ccc(OCc2ccccc2Cl)c(Cl)c1)C(=O)Nc1cc(Cl)cc(Cl)c1. The Bertz CT molecular complexity index is 1180. The van der Waals surface area contributed by atoms with Crippen molar-refractivity contribution in [3.8, 4) is 11.8 Å². The van der Waals surface area contributed by atoms with Crippen molar-refractivity contribution < 1.29 is 9.53 Å². The van der Waals surface area contributed by atoms with Crippen molar-refractivity contribution in [3.05, 3.63) is 97.5 Å². The van der Waals surface area contributed by atoms with Crippen LogP contribution in [0.2, 0.25) is 20.1 Å². The summed E-state index contributed by atoms with van der Waals surface area (Å²) in [5, 5.41) is 13.7. The van der Waals surface area contributed by atoms with E-state index in [1.54, 1.807) is 24.3 Å². The number of hydrogen-bond donors (Lipinski definition) is 1. The molecule has 0 saturated carbocycles. The zero-order valence-electron chi connectivity index (χ0n) is 15.8. The lowest BCUT2D eigenvalue weighted by atomic mass is 10.1. The number of benzene rings is 3. The molecule has 1 N–H and O–H groups in total. The fraction of sp³-hybridized carbons (Fsp3) is 0.0435. The second-order valence-electron chi connectivity index (χ2n) is 6.35. The summed E-state index contributed by atoms with van der Waals surface area (Å²) in [5.74, 6) is -0.147. The molecule has 31 heavy (non-hydrogen) atoms. The van der Waals surface area contributed by atoms with Crippen LogP contribution in [-0.2, 0) is 11.4 Å². The van der Waals surface area contributed by atoms with Crippen molar-refractivity contribution >= 4 is 64.1 Å². The Balaban J connectivity index is 1.73. The summed E-state index contributed by atoms with van der Waals surface area (Å²) in [6.07, 6.45) is 1.42. The molecule has 0 atom stereocenters. The summed E-state index contributed by atoms with van der Waals surface area (Å²) in [5.41, 5.74) is 1.65. The summed E-state index contributed by atoms with van der Waals surface area (Å²) in [6.45, 7) is 0.253. The minimum Gasteiger partial charge on any atom is -0.487 e. The van der Waals surface area contributed by atoms with Crippen molar-refractivity contribution in [3.63, 3.8) is 0 Å². The van der Waals surface area contributed by atoms with Gasteiger partial charge in [0, 0.05) is 26.3 Å². The molecule has 0 aromatic heterocycles. The number of ether oxygens (including phenoxy) is 1. The monoisotopic (exact) mass is 490 g/mol. The average Bonchev–Trinajstić information content (AvgIpc) is 2.71. The maximum absolute atomic E-state index is 12.5. The zero-order valence-corrected chi connectivity index (χ0v) is 18.9. The first-order valence-electron chi connectivity index (χ1n) is 8.90. The normalized spacial score (nSPS) is 11.0. The first-order chi connectivity index (χ1) is 14.9. The molecule has 0 aliphatic carbocycles. The number of anilines is 1. The van der Waals surface area contributed by atoms with E-state index >= 15 is 0 Å². The Morgan fingerprint density at radius 2 is 1.68 bits per heavy atom. The number of halogens is 4. The molecular formula is C23H14Cl4N2O2. The minimum absolute atomic E-state index is 0.114. The van der Waals surface area contributed by atoms with Crippen molar-refractivity contribution in [2.45, 2.75) is 6.61 Å². The van der Waals surface area contributed by atoms with Gasteiger partial charge in [-0.15, -0.1) is 0 Å². The summed E-state index contributed by atoms with van der Waals surface area (Å²) < 4.78 is 5.73. The van der Waals surface area contributed by atoms with Crippen molar-refractivity contribution in [1.29, 1.82) is 5.26 Å². The van der Waals surface area contributed by atoms with Crippen LogP contribution in [0.5, 0.6) is 5.75 Å². The predicted octanol–water partition coefficient (Wildman–Crippen LogP) is 7.42. The predicted molar refractivity (Wildman–Crippen MR) is 126 cm³/mol. The van der Waals surface area contributed by atoms with Gasteiger partial charge >= 0.3 is 0 Å². The number of nitrogens with one attached hydrogen (secondary N) is 1. The van der Waals surface area contributed by atoms with Crippen LogP contribution in [-0.4, -0.2) is 5.91 Å². The fourth-order valence-corrected chi connectivity index (χ4v) is 3.59. The lowest BCUT2D eigenvalue weighted by molar-refractivity contribution is -0.112. The van der Waals surface area contributed by atoms with Gasteiger partial charge in [-0.2, -0.15) is 5.26 Å². The van der Waals surface area contributed by atoms with Gasteiger partial charge in [0.25, 0.3) is 5.91 Å². The van der Waals surface area contributed by atoms with Gasteiger partial charge in [-0.25, -0.2) is 0 Å². The average molecular weight is 492 g/mol. The van der Waals surface area contributed by atoms with E-state index in [1.165, 1.54) is 24.3 Å². The molecular weight excluding hydrogens is 478 g/mol. The molecule has 3 rings (SSSR count). The summed E-state index contributed by atoms with van der Waals surface area (Å²) in [4.78, 5) is 12.5. The van der Waals surface area contributed by atoms with E-state index in [4.69, 9.17) is 51.1 Å². The number of carbonyl (C=O) groups is 1. The van der Waals surface area contributed by atoms with Crippen molar-refractivity contribution in [2.24, 2.45) is 0 Å². The van der Waals surface area contributed by atoms with Gasteiger partial charge in [-0.3, -0.25) is 4.79 Å². The van der Waals surface area contributed by atoms with E-state index in [1.807, 2.05) is 24.3 Å². The van der Waals surface area contributed by atoms with E-state index in [2.05, 4.69) is 5.32 Å². The lowest BCUT2D eigenvalue weighted by Crippen LogP contribution is -2.13. The lowest BCUT2D eigenvalue weighted by Gasteiger charge is -2.10. The molecule has 0 radical (unpaired) electrons. The molecule has 0 aliphatic rings. The third-order valence-electron chi connectivity index (χ3n) is 4.09. The quantitative estimate of drug-likeness (QED) is 0.288. The van der Waals surface area contributed by atoms with Crippen LogP contribution >= 0.6 is 46.4 Å². The highest BCUT2D eigenvalue weighted by molar-refractivity contribution is 6.35. The zero-order chi connectivity index (χ0) is 22.4. The molecule has 0 aliphatic heterocycles. The van der Waals surface area contributed by atoms with E-state index in [9.17, 15) is 10.1 Å². The van der Waals surface area contributed by atoms with Crippen LogP contribution in [0.4, 0.5) is 5.69 Å². The smallest absolute Gasteiger partial charge is 0.266 e. The van der Waals surface area contributed by atoms with Gasteiger partial charge in [-0.05, 0) is 48.0 Å². The standard InChI is InChI=1S/C23H14Cl4N2O2/c24-17-9-18(25)11-19(10-17)29-23(30)16(12-28)7-14-5-6-22(21(27)8-14)31-13-15-3-1-2-4-20(15)26/h1-11H,13H2,(H,29,30)/b16-7-. The largest absolute Gasteiger partial charge is 0.487 e. The number of hydrogen-bond acceptors (Lipinski definition) is 3. The second-order valence-corrected chi connectivity index (χ2v) is 8.04. The topological polar surface area (TPSA) is 62.1 Å². The molecule has 8 heteroatoms. The Labute approximate surface area is 199 Å². The van der Waals surface area contributed by atoms with Gasteiger partial charge in [0.2, 0.25) is 0 Å².